The molecule has 3 aromatic carbocycles. The molecule has 6 nitrogen and oxygen atoms in total. The molecule has 1 aliphatic rings. The smallest absolute Gasteiger partial charge is 0.294 e. The van der Waals surface area contributed by atoms with Gasteiger partial charge in [0.15, 0.2) is 0 Å². The minimum Gasteiger partial charge on any atom is -0.488 e. The van der Waals surface area contributed by atoms with Crippen molar-refractivity contribution in [3.63, 3.8) is 0 Å². The Labute approximate surface area is 233 Å². The maximum atomic E-state index is 13.0. The first-order valence-electron chi connectivity index (χ1n) is 11.5. The number of halogens is 2. The van der Waals surface area contributed by atoms with E-state index in [1.807, 2.05) is 30.3 Å². The Hall–Kier alpha value is -3.07. The number of hydrogen-bond acceptors (Lipinski definition) is 5. The van der Waals surface area contributed by atoms with Crippen molar-refractivity contribution in [2.24, 2.45) is 0 Å². The Morgan fingerprint density at radius 2 is 1.78 bits per heavy atom. The summed E-state index contributed by atoms with van der Waals surface area (Å²) in [5.41, 5.74) is 3.32. The van der Waals surface area contributed by atoms with Crippen molar-refractivity contribution in [1.82, 2.24) is 4.90 Å². The Kier molecular flexibility index (Phi) is 8.74. The zero-order valence-electron chi connectivity index (χ0n) is 20.2. The molecular weight excluding hydrogens is 576 g/mol. The third-order valence-corrected chi connectivity index (χ3v) is 7.26. The number of ether oxygens (including phenoxy) is 1. The fourth-order valence-corrected chi connectivity index (χ4v) is 4.91. The molecule has 1 saturated heterocycles. The van der Waals surface area contributed by atoms with Gasteiger partial charge in [-0.1, -0.05) is 65.6 Å². The zero-order chi connectivity index (χ0) is 26.5. The Balaban J connectivity index is 1.45. The molecule has 0 atom stereocenters. The second-order valence-electron chi connectivity index (χ2n) is 8.69. The van der Waals surface area contributed by atoms with Gasteiger partial charge in [0.2, 0.25) is 5.91 Å². The van der Waals surface area contributed by atoms with Crippen molar-refractivity contribution in [3.05, 3.63) is 97.8 Å². The number of imide groups is 1. The van der Waals surface area contributed by atoms with E-state index >= 15 is 0 Å². The summed E-state index contributed by atoms with van der Waals surface area (Å²) in [6, 6.07) is 20.2. The van der Waals surface area contributed by atoms with Crippen molar-refractivity contribution in [2.75, 3.05) is 11.9 Å². The lowest BCUT2D eigenvalue weighted by atomic mass is 10.0. The molecule has 1 fully saturated rings. The average Bonchev–Trinajstić information content (AvgIpc) is 3.12. The lowest BCUT2D eigenvalue weighted by Gasteiger charge is -2.13. The number of carbonyl (C=O) groups excluding carboxylic acids is 3. The van der Waals surface area contributed by atoms with Crippen LogP contribution in [0.1, 0.15) is 36.5 Å². The first-order chi connectivity index (χ1) is 17.7. The SMILES string of the molecule is CC(C)c1ccc(NC(=O)CN2C(=O)S/C(=C/c3cc(Br)ccc3OCc3ccc(Cl)cc3)C2=O)cc1. The number of nitrogens with zero attached hydrogens (tertiary/aromatic N) is 1. The van der Waals surface area contributed by atoms with E-state index in [-0.39, 0.29) is 11.4 Å². The van der Waals surface area contributed by atoms with E-state index in [0.717, 1.165) is 32.3 Å². The highest BCUT2D eigenvalue weighted by Gasteiger charge is 2.36. The maximum absolute atomic E-state index is 13.0. The molecule has 37 heavy (non-hydrogen) atoms. The second-order valence-corrected chi connectivity index (χ2v) is 11.0. The molecule has 0 bridgehead atoms. The zero-order valence-corrected chi connectivity index (χ0v) is 23.3. The number of amides is 3. The van der Waals surface area contributed by atoms with Crippen LogP contribution in [0.4, 0.5) is 10.5 Å². The first-order valence-corrected chi connectivity index (χ1v) is 13.5. The Morgan fingerprint density at radius 3 is 2.46 bits per heavy atom. The molecule has 4 rings (SSSR count). The summed E-state index contributed by atoms with van der Waals surface area (Å²) in [5, 5.41) is 2.89. The molecule has 0 aromatic heterocycles. The highest BCUT2D eigenvalue weighted by atomic mass is 79.9. The molecule has 0 aliphatic carbocycles. The number of anilines is 1. The predicted molar refractivity (Wildman–Crippen MR) is 152 cm³/mol. The molecule has 3 amide bonds. The van der Waals surface area contributed by atoms with E-state index in [1.165, 1.54) is 0 Å². The van der Waals surface area contributed by atoms with E-state index in [1.54, 1.807) is 42.5 Å². The van der Waals surface area contributed by atoms with Crippen LogP contribution in [0.5, 0.6) is 5.75 Å². The number of nitrogens with one attached hydrogen (secondary N) is 1. The van der Waals surface area contributed by atoms with Crippen molar-refractivity contribution in [3.8, 4) is 5.75 Å². The molecule has 1 aliphatic heterocycles. The van der Waals surface area contributed by atoms with Crippen molar-refractivity contribution in [2.45, 2.75) is 26.4 Å². The maximum Gasteiger partial charge on any atom is 0.294 e. The van der Waals surface area contributed by atoms with Gasteiger partial charge in [-0.25, -0.2) is 0 Å². The van der Waals surface area contributed by atoms with Crippen LogP contribution in [-0.4, -0.2) is 28.5 Å². The van der Waals surface area contributed by atoms with Gasteiger partial charge < -0.3 is 10.1 Å². The van der Waals surface area contributed by atoms with E-state index in [4.69, 9.17) is 16.3 Å². The summed E-state index contributed by atoms with van der Waals surface area (Å²) in [4.78, 5) is 39.3. The van der Waals surface area contributed by atoms with E-state index in [9.17, 15) is 14.4 Å². The monoisotopic (exact) mass is 598 g/mol. The Morgan fingerprint density at radius 1 is 1.08 bits per heavy atom. The van der Waals surface area contributed by atoms with Gasteiger partial charge in [-0.2, -0.15) is 0 Å². The lowest BCUT2D eigenvalue weighted by Crippen LogP contribution is -2.36. The minimum absolute atomic E-state index is 0.216. The molecule has 1 heterocycles. The molecule has 0 unspecified atom stereocenters. The Bertz CT molecular complexity index is 1360. The van der Waals surface area contributed by atoms with Crippen LogP contribution in [0.15, 0.2) is 76.1 Å². The quantitative estimate of drug-likeness (QED) is 0.272. The number of rotatable bonds is 8. The molecule has 0 spiro atoms. The largest absolute Gasteiger partial charge is 0.488 e. The normalized spacial score (nSPS) is 14.5. The summed E-state index contributed by atoms with van der Waals surface area (Å²) in [7, 11) is 0. The second kappa shape index (κ2) is 12.0. The molecule has 190 valence electrons. The minimum atomic E-state index is -0.524. The van der Waals surface area contributed by atoms with Gasteiger partial charge in [-0.15, -0.1) is 0 Å². The average molecular weight is 600 g/mol. The van der Waals surface area contributed by atoms with Gasteiger partial charge >= 0.3 is 0 Å². The van der Waals surface area contributed by atoms with Crippen LogP contribution in [0.2, 0.25) is 5.02 Å². The predicted octanol–water partition coefficient (Wildman–Crippen LogP) is 7.48. The number of benzene rings is 3. The van der Waals surface area contributed by atoms with Gasteiger partial charge in [-0.05, 0) is 77.3 Å². The third kappa shape index (κ3) is 7.03. The van der Waals surface area contributed by atoms with E-state index < -0.39 is 17.1 Å². The van der Waals surface area contributed by atoms with E-state index in [0.29, 0.717) is 34.5 Å². The number of carbonyl (C=O) groups is 3. The number of thioether (sulfide) groups is 1. The summed E-state index contributed by atoms with van der Waals surface area (Å²) >= 11 is 10.2. The van der Waals surface area contributed by atoms with Crippen LogP contribution >= 0.6 is 39.3 Å². The van der Waals surface area contributed by atoms with Gasteiger partial charge in [0, 0.05) is 20.7 Å². The van der Waals surface area contributed by atoms with E-state index in [2.05, 4.69) is 35.1 Å². The first kappa shape index (κ1) is 27.0. The lowest BCUT2D eigenvalue weighted by molar-refractivity contribution is -0.127. The standard InChI is InChI=1S/C28H24BrClN2O4S/c1-17(2)19-5-10-23(11-6-19)31-26(33)15-32-27(34)25(37-28(32)35)14-20-13-21(29)7-12-24(20)36-16-18-3-8-22(30)9-4-18/h3-14,17H,15-16H2,1-2H3,(H,31,33)/b25-14+. The van der Waals surface area contributed by atoms with Gasteiger partial charge in [0.05, 0.1) is 4.91 Å². The van der Waals surface area contributed by atoms with Gasteiger partial charge in [0.25, 0.3) is 11.1 Å². The highest BCUT2D eigenvalue weighted by molar-refractivity contribution is 9.10. The molecular formula is C28H24BrClN2O4S. The third-order valence-electron chi connectivity index (χ3n) is 5.60. The molecule has 9 heteroatoms. The number of hydrogen-bond donors (Lipinski definition) is 1. The molecule has 3 aromatic rings. The summed E-state index contributed by atoms with van der Waals surface area (Å²) < 4.78 is 6.77. The summed E-state index contributed by atoms with van der Waals surface area (Å²) in [6.45, 7) is 4.11. The van der Waals surface area contributed by atoms with Gasteiger partial charge in [0.1, 0.15) is 18.9 Å². The molecule has 0 saturated carbocycles. The van der Waals surface area contributed by atoms with Crippen molar-refractivity contribution < 1.29 is 19.1 Å². The highest BCUT2D eigenvalue weighted by Crippen LogP contribution is 2.35. The fourth-order valence-electron chi connectivity index (χ4n) is 3.58. The van der Waals surface area contributed by atoms with Crippen LogP contribution < -0.4 is 10.1 Å². The van der Waals surface area contributed by atoms with Crippen LogP contribution in [0.3, 0.4) is 0 Å². The van der Waals surface area contributed by atoms with Crippen LogP contribution in [0.25, 0.3) is 6.08 Å². The molecule has 0 radical (unpaired) electrons. The summed E-state index contributed by atoms with van der Waals surface area (Å²) in [5.74, 6) is -0.0489. The van der Waals surface area contributed by atoms with Crippen LogP contribution in [0, 0.1) is 0 Å². The van der Waals surface area contributed by atoms with Crippen molar-refractivity contribution in [1.29, 1.82) is 0 Å². The van der Waals surface area contributed by atoms with Gasteiger partial charge in [-0.3, -0.25) is 19.3 Å². The summed E-state index contributed by atoms with van der Waals surface area (Å²) in [6.07, 6.45) is 1.61. The van der Waals surface area contributed by atoms with Crippen LogP contribution in [-0.2, 0) is 16.2 Å². The topological polar surface area (TPSA) is 75.7 Å². The fraction of sp³-hybridized carbons (Fsp3) is 0.179. The molecule has 1 N–H and O–H groups in total. The van der Waals surface area contributed by atoms with Crippen molar-refractivity contribution >= 4 is 68.1 Å².